The molecule has 0 aliphatic carbocycles. The van der Waals surface area contributed by atoms with Gasteiger partial charge >= 0.3 is 0 Å². The van der Waals surface area contributed by atoms with Crippen LogP contribution in [0.1, 0.15) is 18.1 Å². The van der Waals surface area contributed by atoms with E-state index in [1.54, 1.807) is 0 Å². The molecule has 11 heavy (non-hydrogen) atoms. The van der Waals surface area contributed by atoms with Gasteiger partial charge in [-0.3, -0.25) is 0 Å². The number of alkyl halides is 1. The SMILES string of the molecule is CCc1cc(Br)cc(CCl)c1. The van der Waals surface area contributed by atoms with Gasteiger partial charge in [-0.2, -0.15) is 0 Å². The van der Waals surface area contributed by atoms with Crippen molar-refractivity contribution in [3.05, 3.63) is 33.8 Å². The third-order valence-electron chi connectivity index (χ3n) is 1.58. The van der Waals surface area contributed by atoms with Crippen LogP contribution in [0.25, 0.3) is 0 Å². The van der Waals surface area contributed by atoms with Crippen molar-refractivity contribution in [3.8, 4) is 0 Å². The smallest absolute Gasteiger partial charge is 0.0474 e. The molecule has 0 fully saturated rings. The van der Waals surface area contributed by atoms with Crippen LogP contribution in [0.2, 0.25) is 0 Å². The van der Waals surface area contributed by atoms with Gasteiger partial charge in [0.05, 0.1) is 0 Å². The number of hydrogen-bond acceptors (Lipinski definition) is 0. The Balaban J connectivity index is 3.02. The summed E-state index contributed by atoms with van der Waals surface area (Å²) in [5, 5.41) is 0. The van der Waals surface area contributed by atoms with Crippen LogP contribution in [0.15, 0.2) is 22.7 Å². The summed E-state index contributed by atoms with van der Waals surface area (Å²) in [6.07, 6.45) is 1.06. The van der Waals surface area contributed by atoms with Crippen molar-refractivity contribution in [2.45, 2.75) is 19.2 Å². The maximum Gasteiger partial charge on any atom is 0.0474 e. The van der Waals surface area contributed by atoms with E-state index in [1.807, 2.05) is 6.07 Å². The summed E-state index contributed by atoms with van der Waals surface area (Å²) < 4.78 is 1.12. The second kappa shape index (κ2) is 4.13. The number of halogens is 2. The van der Waals surface area contributed by atoms with E-state index in [0.717, 1.165) is 10.9 Å². The number of hydrogen-bond donors (Lipinski definition) is 0. The average Bonchev–Trinajstić information content (AvgIpc) is 2.03. The Bertz CT molecular complexity index is 223. The molecule has 0 bridgehead atoms. The molecule has 1 rings (SSSR count). The lowest BCUT2D eigenvalue weighted by Gasteiger charge is -2.01. The maximum atomic E-state index is 5.71. The van der Waals surface area contributed by atoms with Gasteiger partial charge in [0.1, 0.15) is 0 Å². The molecule has 0 unspecified atom stereocenters. The van der Waals surface area contributed by atoms with Crippen LogP contribution in [0, 0.1) is 0 Å². The summed E-state index contributed by atoms with van der Waals surface area (Å²) >= 11 is 9.14. The summed E-state index contributed by atoms with van der Waals surface area (Å²) in [7, 11) is 0. The molecule has 1 aromatic carbocycles. The highest BCUT2D eigenvalue weighted by atomic mass is 79.9. The maximum absolute atomic E-state index is 5.71. The van der Waals surface area contributed by atoms with Crippen LogP contribution in [0.3, 0.4) is 0 Å². The summed E-state index contributed by atoms with van der Waals surface area (Å²) in [4.78, 5) is 0. The van der Waals surface area contributed by atoms with Gasteiger partial charge in [-0.1, -0.05) is 28.9 Å². The van der Waals surface area contributed by atoms with Crippen LogP contribution < -0.4 is 0 Å². The van der Waals surface area contributed by atoms with Gasteiger partial charge in [0.2, 0.25) is 0 Å². The molecular formula is C9H10BrCl. The first-order valence-corrected chi connectivity index (χ1v) is 4.93. The molecule has 0 aromatic heterocycles. The molecule has 0 spiro atoms. The zero-order valence-corrected chi connectivity index (χ0v) is 8.74. The van der Waals surface area contributed by atoms with E-state index in [2.05, 4.69) is 35.0 Å². The monoisotopic (exact) mass is 232 g/mol. The van der Waals surface area contributed by atoms with Gasteiger partial charge in [0, 0.05) is 10.4 Å². The van der Waals surface area contributed by atoms with E-state index in [0.29, 0.717) is 5.88 Å². The standard InChI is InChI=1S/C9H10BrCl/c1-2-7-3-8(6-11)5-9(10)4-7/h3-5H,2,6H2,1H3. The predicted octanol–water partition coefficient (Wildman–Crippen LogP) is 3.75. The second-order valence-corrected chi connectivity index (χ2v) is 3.64. The molecule has 2 heteroatoms. The molecule has 0 radical (unpaired) electrons. The molecule has 1 aromatic rings. The van der Waals surface area contributed by atoms with Crippen molar-refractivity contribution in [1.82, 2.24) is 0 Å². The lowest BCUT2D eigenvalue weighted by molar-refractivity contribution is 1.12. The average molecular weight is 234 g/mol. The molecule has 0 aliphatic heterocycles. The Hall–Kier alpha value is -0.0100. The van der Waals surface area contributed by atoms with Crippen molar-refractivity contribution in [3.63, 3.8) is 0 Å². The lowest BCUT2D eigenvalue weighted by Crippen LogP contribution is -1.84. The molecule has 0 aliphatic rings. The van der Waals surface area contributed by atoms with Crippen LogP contribution in [-0.4, -0.2) is 0 Å². The minimum absolute atomic E-state index is 0.590. The molecule has 0 N–H and O–H groups in total. The zero-order valence-electron chi connectivity index (χ0n) is 6.40. The fourth-order valence-electron chi connectivity index (χ4n) is 0.999. The van der Waals surface area contributed by atoms with E-state index >= 15 is 0 Å². The highest BCUT2D eigenvalue weighted by Gasteiger charge is 1.95. The number of rotatable bonds is 2. The summed E-state index contributed by atoms with van der Waals surface area (Å²) in [5.74, 6) is 0.590. The molecule has 0 heterocycles. The van der Waals surface area contributed by atoms with E-state index in [9.17, 15) is 0 Å². The zero-order chi connectivity index (χ0) is 8.27. The fourth-order valence-corrected chi connectivity index (χ4v) is 1.74. The van der Waals surface area contributed by atoms with E-state index in [-0.39, 0.29) is 0 Å². The Morgan fingerprint density at radius 1 is 1.27 bits per heavy atom. The fraction of sp³-hybridized carbons (Fsp3) is 0.333. The van der Waals surface area contributed by atoms with E-state index in [4.69, 9.17) is 11.6 Å². The van der Waals surface area contributed by atoms with Crippen molar-refractivity contribution in [1.29, 1.82) is 0 Å². The molecule has 0 saturated carbocycles. The van der Waals surface area contributed by atoms with Gasteiger partial charge in [0.25, 0.3) is 0 Å². The van der Waals surface area contributed by atoms with Gasteiger partial charge < -0.3 is 0 Å². The third-order valence-corrected chi connectivity index (χ3v) is 2.35. The van der Waals surface area contributed by atoms with Crippen molar-refractivity contribution < 1.29 is 0 Å². The normalized spacial score (nSPS) is 10.1. The summed E-state index contributed by atoms with van der Waals surface area (Å²) in [5.41, 5.74) is 2.51. The van der Waals surface area contributed by atoms with Crippen LogP contribution >= 0.6 is 27.5 Å². The number of aryl methyl sites for hydroxylation is 1. The summed E-state index contributed by atoms with van der Waals surface area (Å²) in [6.45, 7) is 2.14. The Labute approximate surface area is 80.7 Å². The van der Waals surface area contributed by atoms with Crippen LogP contribution in [0.4, 0.5) is 0 Å². The first kappa shape index (κ1) is 9.08. The Morgan fingerprint density at radius 3 is 2.45 bits per heavy atom. The first-order chi connectivity index (χ1) is 5.26. The van der Waals surface area contributed by atoms with Gasteiger partial charge in [-0.25, -0.2) is 0 Å². The molecule has 0 saturated heterocycles. The largest absolute Gasteiger partial charge is 0.122 e. The van der Waals surface area contributed by atoms with Crippen molar-refractivity contribution >= 4 is 27.5 Å². The minimum Gasteiger partial charge on any atom is -0.122 e. The molecule has 0 amide bonds. The Morgan fingerprint density at radius 2 is 1.91 bits per heavy atom. The predicted molar refractivity (Wildman–Crippen MR) is 53.1 cm³/mol. The molecule has 60 valence electrons. The Kier molecular flexibility index (Phi) is 3.41. The van der Waals surface area contributed by atoms with E-state index in [1.165, 1.54) is 11.1 Å². The molecular weight excluding hydrogens is 223 g/mol. The minimum atomic E-state index is 0.590. The van der Waals surface area contributed by atoms with Gasteiger partial charge in [-0.15, -0.1) is 11.6 Å². The molecule has 0 nitrogen and oxygen atoms in total. The van der Waals surface area contributed by atoms with Gasteiger partial charge in [0.15, 0.2) is 0 Å². The highest BCUT2D eigenvalue weighted by Crippen LogP contribution is 2.17. The van der Waals surface area contributed by atoms with Crippen LogP contribution in [0.5, 0.6) is 0 Å². The van der Waals surface area contributed by atoms with Crippen molar-refractivity contribution in [2.75, 3.05) is 0 Å². The van der Waals surface area contributed by atoms with E-state index < -0.39 is 0 Å². The first-order valence-electron chi connectivity index (χ1n) is 3.60. The number of benzene rings is 1. The highest BCUT2D eigenvalue weighted by molar-refractivity contribution is 9.10. The lowest BCUT2D eigenvalue weighted by atomic mass is 10.1. The van der Waals surface area contributed by atoms with Crippen LogP contribution in [-0.2, 0) is 12.3 Å². The summed E-state index contributed by atoms with van der Waals surface area (Å²) in [6, 6.07) is 6.31. The topological polar surface area (TPSA) is 0 Å². The second-order valence-electron chi connectivity index (χ2n) is 2.45. The quantitative estimate of drug-likeness (QED) is 0.683. The molecule has 0 atom stereocenters. The third kappa shape index (κ3) is 2.49. The van der Waals surface area contributed by atoms with Crippen molar-refractivity contribution in [2.24, 2.45) is 0 Å². The van der Waals surface area contributed by atoms with Gasteiger partial charge in [-0.05, 0) is 29.7 Å².